The van der Waals surface area contributed by atoms with Crippen LogP contribution in [0.1, 0.15) is 23.5 Å². The van der Waals surface area contributed by atoms with Crippen LogP contribution in [0, 0.1) is 0 Å². The van der Waals surface area contributed by atoms with Gasteiger partial charge in [-0.3, -0.25) is 9.59 Å². The van der Waals surface area contributed by atoms with E-state index in [2.05, 4.69) is 0 Å². The van der Waals surface area contributed by atoms with Crippen LogP contribution < -0.4 is 9.92 Å². The smallest absolute Gasteiger partial charge is 0.323 e. The molecule has 0 saturated heterocycles. The second-order valence-electron chi connectivity index (χ2n) is 6.37. The summed E-state index contributed by atoms with van der Waals surface area (Å²) in [6.07, 6.45) is 0.721. The third-order valence-corrected chi connectivity index (χ3v) is 4.57. The second kappa shape index (κ2) is 10.0. The molecule has 8 nitrogen and oxygen atoms in total. The molecule has 2 aromatic carbocycles. The number of hydrogen-bond donors (Lipinski definition) is 1. The van der Waals surface area contributed by atoms with Crippen LogP contribution in [0.3, 0.4) is 0 Å². The Morgan fingerprint density at radius 3 is 2.38 bits per heavy atom. The molecular weight excluding hydrogens is 398 g/mol. The molecule has 0 aliphatic carbocycles. The van der Waals surface area contributed by atoms with Crippen LogP contribution in [0.15, 0.2) is 54.6 Å². The Labute approximate surface area is 169 Å². The number of nitrogens with two attached hydrogens (primary N) is 1. The number of hydrogen-bond acceptors (Lipinski definition) is 8. The maximum atomic E-state index is 12.5. The highest BCUT2D eigenvalue weighted by atomic mass is 32.2. The minimum absolute atomic E-state index is 0.0372. The van der Waals surface area contributed by atoms with Gasteiger partial charge >= 0.3 is 22.1 Å². The van der Waals surface area contributed by atoms with E-state index in [4.69, 9.17) is 19.4 Å². The fourth-order valence-electron chi connectivity index (χ4n) is 2.68. The molecule has 0 spiro atoms. The molecule has 9 heteroatoms. The van der Waals surface area contributed by atoms with Crippen molar-refractivity contribution >= 4 is 22.1 Å². The summed E-state index contributed by atoms with van der Waals surface area (Å²) in [6, 6.07) is 13.9. The molecule has 0 radical (unpaired) electrons. The van der Waals surface area contributed by atoms with Gasteiger partial charge in [0.2, 0.25) is 0 Å². The summed E-state index contributed by atoms with van der Waals surface area (Å²) in [6.45, 7) is 0.0372. The number of carbonyl (C=O) groups is 2. The number of esters is 2. The van der Waals surface area contributed by atoms with Gasteiger partial charge in [0.1, 0.15) is 18.4 Å². The predicted octanol–water partition coefficient (Wildman–Crippen LogP) is 1.74. The molecule has 0 aliphatic heterocycles. The Morgan fingerprint density at radius 2 is 1.76 bits per heavy atom. The number of benzene rings is 2. The summed E-state index contributed by atoms with van der Waals surface area (Å²) in [5.74, 6) is -2.02. The molecule has 29 heavy (non-hydrogen) atoms. The van der Waals surface area contributed by atoms with Crippen LogP contribution in [0.2, 0.25) is 0 Å². The van der Waals surface area contributed by atoms with Crippen LogP contribution in [-0.2, 0) is 35.8 Å². The molecule has 0 fully saturated rings. The lowest BCUT2D eigenvalue weighted by Gasteiger charge is -2.22. The van der Waals surface area contributed by atoms with Crippen molar-refractivity contribution in [1.82, 2.24) is 0 Å². The molecule has 156 valence electrons. The van der Waals surface area contributed by atoms with Crippen molar-refractivity contribution in [2.75, 3.05) is 13.4 Å². The summed E-state index contributed by atoms with van der Waals surface area (Å²) in [5.41, 5.74) is 7.33. The summed E-state index contributed by atoms with van der Waals surface area (Å²) < 4.78 is 37.6. The standard InChI is InChI=1S/C20H23NO7S/c1-26-18(22)12-17(15-9-6-10-16(11-15)28-29(2,24)25)19(21)20(23)27-13-14-7-4-3-5-8-14/h3-11,17,19H,12-13,21H2,1-2H3. The second-order valence-corrected chi connectivity index (χ2v) is 7.94. The first-order valence-electron chi connectivity index (χ1n) is 8.72. The molecule has 0 amide bonds. The Bertz CT molecular complexity index is 944. The van der Waals surface area contributed by atoms with E-state index in [1.165, 1.54) is 19.2 Å². The summed E-state index contributed by atoms with van der Waals surface area (Å²) in [7, 11) is -2.51. The monoisotopic (exact) mass is 421 g/mol. The van der Waals surface area contributed by atoms with Crippen molar-refractivity contribution in [1.29, 1.82) is 0 Å². The molecule has 0 bridgehead atoms. The first-order chi connectivity index (χ1) is 13.7. The van der Waals surface area contributed by atoms with E-state index in [9.17, 15) is 18.0 Å². The first-order valence-corrected chi connectivity index (χ1v) is 10.5. The van der Waals surface area contributed by atoms with Crippen LogP contribution in [-0.4, -0.2) is 39.8 Å². The average molecular weight is 421 g/mol. The van der Waals surface area contributed by atoms with E-state index in [0.717, 1.165) is 11.8 Å². The predicted molar refractivity (Wildman–Crippen MR) is 106 cm³/mol. The normalized spacial score (nSPS) is 13.2. The van der Waals surface area contributed by atoms with Crippen LogP contribution in [0.25, 0.3) is 0 Å². The van der Waals surface area contributed by atoms with Gasteiger partial charge in [-0.15, -0.1) is 0 Å². The third-order valence-electron chi connectivity index (χ3n) is 4.08. The highest BCUT2D eigenvalue weighted by Crippen LogP contribution is 2.28. The van der Waals surface area contributed by atoms with Crippen molar-refractivity contribution in [2.24, 2.45) is 5.73 Å². The zero-order valence-electron chi connectivity index (χ0n) is 16.1. The fourth-order valence-corrected chi connectivity index (χ4v) is 3.13. The van der Waals surface area contributed by atoms with Gasteiger partial charge in [-0.1, -0.05) is 42.5 Å². The largest absolute Gasteiger partial charge is 0.469 e. The van der Waals surface area contributed by atoms with E-state index in [1.807, 2.05) is 18.2 Å². The van der Waals surface area contributed by atoms with E-state index < -0.39 is 34.0 Å². The molecule has 2 atom stereocenters. The zero-order valence-corrected chi connectivity index (χ0v) is 16.9. The molecule has 2 unspecified atom stereocenters. The topological polar surface area (TPSA) is 122 Å². The number of methoxy groups -OCH3 is 1. The minimum Gasteiger partial charge on any atom is -0.469 e. The van der Waals surface area contributed by atoms with Gasteiger partial charge in [0.25, 0.3) is 0 Å². The van der Waals surface area contributed by atoms with Crippen molar-refractivity contribution in [3.05, 3.63) is 65.7 Å². The summed E-state index contributed by atoms with van der Waals surface area (Å²) in [4.78, 5) is 24.3. The van der Waals surface area contributed by atoms with Gasteiger partial charge < -0.3 is 19.4 Å². The summed E-state index contributed by atoms with van der Waals surface area (Å²) >= 11 is 0. The van der Waals surface area contributed by atoms with Gasteiger partial charge in [0.15, 0.2) is 0 Å². The molecule has 2 N–H and O–H groups in total. The minimum atomic E-state index is -3.74. The molecule has 2 rings (SSSR count). The van der Waals surface area contributed by atoms with Crippen molar-refractivity contribution in [3.63, 3.8) is 0 Å². The quantitative estimate of drug-likeness (QED) is 0.480. The van der Waals surface area contributed by atoms with Crippen LogP contribution in [0.4, 0.5) is 0 Å². The van der Waals surface area contributed by atoms with E-state index >= 15 is 0 Å². The molecule has 2 aromatic rings. The van der Waals surface area contributed by atoms with Gasteiger partial charge in [0, 0.05) is 5.92 Å². The Kier molecular flexibility index (Phi) is 7.74. The van der Waals surface area contributed by atoms with Crippen molar-refractivity contribution in [3.8, 4) is 5.75 Å². The van der Waals surface area contributed by atoms with Crippen LogP contribution >= 0.6 is 0 Å². The molecular formula is C20H23NO7S. The zero-order chi connectivity index (χ0) is 21.4. The summed E-state index contributed by atoms with van der Waals surface area (Å²) in [5, 5.41) is 0. The first kappa shape index (κ1) is 22.4. The van der Waals surface area contributed by atoms with E-state index in [1.54, 1.807) is 24.3 Å². The van der Waals surface area contributed by atoms with Gasteiger partial charge in [-0.05, 0) is 23.3 Å². The SMILES string of the molecule is COC(=O)CC(c1cccc(OS(C)(=O)=O)c1)C(N)C(=O)OCc1ccccc1. The van der Waals surface area contributed by atoms with Crippen molar-refractivity contribution < 1.29 is 31.7 Å². The average Bonchev–Trinajstić information content (AvgIpc) is 2.69. The maximum absolute atomic E-state index is 12.5. The van der Waals surface area contributed by atoms with Crippen LogP contribution in [0.5, 0.6) is 5.75 Å². The lowest BCUT2D eigenvalue weighted by molar-refractivity contribution is -0.148. The van der Waals surface area contributed by atoms with E-state index in [-0.39, 0.29) is 18.8 Å². The number of carbonyl (C=O) groups excluding carboxylic acids is 2. The lowest BCUT2D eigenvalue weighted by atomic mass is 9.89. The number of ether oxygens (including phenoxy) is 2. The lowest BCUT2D eigenvalue weighted by Crippen LogP contribution is -2.39. The molecule has 0 saturated carbocycles. The van der Waals surface area contributed by atoms with Crippen molar-refractivity contribution in [2.45, 2.75) is 25.0 Å². The van der Waals surface area contributed by atoms with Gasteiger partial charge in [-0.2, -0.15) is 8.42 Å². The Hall–Kier alpha value is -2.91. The van der Waals surface area contributed by atoms with Gasteiger partial charge in [-0.25, -0.2) is 0 Å². The molecule has 0 aliphatic rings. The highest BCUT2D eigenvalue weighted by molar-refractivity contribution is 7.86. The molecule has 0 aromatic heterocycles. The number of rotatable bonds is 9. The third kappa shape index (κ3) is 7.20. The maximum Gasteiger partial charge on any atom is 0.323 e. The Balaban J connectivity index is 2.21. The fraction of sp³-hybridized carbons (Fsp3) is 0.300. The van der Waals surface area contributed by atoms with E-state index in [0.29, 0.717) is 5.56 Å². The van der Waals surface area contributed by atoms with Gasteiger partial charge in [0.05, 0.1) is 19.8 Å². The Morgan fingerprint density at radius 1 is 1.07 bits per heavy atom. The highest BCUT2D eigenvalue weighted by Gasteiger charge is 2.30. The molecule has 0 heterocycles.